The van der Waals surface area contributed by atoms with E-state index in [-0.39, 0.29) is 36.7 Å². The van der Waals surface area contributed by atoms with Gasteiger partial charge in [-0.25, -0.2) is 0 Å². The molecule has 1 unspecified atom stereocenters. The third-order valence-corrected chi connectivity index (χ3v) is 4.71. The van der Waals surface area contributed by atoms with Crippen LogP contribution in [0.15, 0.2) is 24.3 Å². The molecule has 1 aromatic rings. The first-order chi connectivity index (χ1) is 13.2. The molecular weight excluding hydrogens is 375 g/mol. The van der Waals surface area contributed by atoms with Gasteiger partial charge >= 0.3 is 6.36 Å². The number of piperidine rings is 1. The molecule has 2 N–H and O–H groups in total. The van der Waals surface area contributed by atoms with E-state index in [4.69, 9.17) is 0 Å². The van der Waals surface area contributed by atoms with Crippen molar-refractivity contribution < 1.29 is 32.4 Å². The number of benzene rings is 1. The Kier molecular flexibility index (Phi) is 7.68. The topological polar surface area (TPSA) is 63.1 Å². The Morgan fingerprint density at radius 1 is 1.21 bits per heavy atom. The molecule has 9 heteroatoms. The van der Waals surface area contributed by atoms with Crippen molar-refractivity contribution in [1.29, 1.82) is 0 Å². The van der Waals surface area contributed by atoms with Crippen LogP contribution in [0, 0.1) is 0 Å². The fraction of sp³-hybridized carbons (Fsp3) is 0.579. The first-order valence-corrected chi connectivity index (χ1v) is 9.44. The minimum Gasteiger partial charge on any atom is -0.406 e. The fourth-order valence-corrected chi connectivity index (χ4v) is 3.39. The van der Waals surface area contributed by atoms with E-state index in [1.807, 2.05) is 4.90 Å². The lowest BCUT2D eigenvalue weighted by molar-refractivity contribution is -0.862. The minimum atomic E-state index is -4.76. The van der Waals surface area contributed by atoms with Crippen LogP contribution in [0.2, 0.25) is 0 Å². The first kappa shape index (κ1) is 22.0. The van der Waals surface area contributed by atoms with Gasteiger partial charge in [0.2, 0.25) is 0 Å². The number of rotatable bonds is 7. The van der Waals surface area contributed by atoms with Gasteiger partial charge < -0.3 is 19.9 Å². The lowest BCUT2D eigenvalue weighted by Gasteiger charge is -2.35. The van der Waals surface area contributed by atoms with E-state index in [1.165, 1.54) is 12.1 Å². The number of ether oxygens (including phenoxy) is 1. The smallest absolute Gasteiger partial charge is 0.406 e. The molecule has 0 aliphatic carbocycles. The van der Waals surface area contributed by atoms with E-state index in [0.29, 0.717) is 5.69 Å². The average molecular weight is 402 g/mol. The molecule has 2 amide bonds. The van der Waals surface area contributed by atoms with Crippen molar-refractivity contribution >= 4 is 17.5 Å². The van der Waals surface area contributed by atoms with Crippen LogP contribution in [0.4, 0.5) is 18.9 Å². The van der Waals surface area contributed by atoms with Crippen molar-refractivity contribution in [3.8, 4) is 5.75 Å². The number of nitrogens with one attached hydrogen (secondary N) is 2. The van der Waals surface area contributed by atoms with Gasteiger partial charge in [-0.3, -0.25) is 9.59 Å². The Labute approximate surface area is 162 Å². The van der Waals surface area contributed by atoms with Crippen molar-refractivity contribution in [2.24, 2.45) is 0 Å². The number of hydrogen-bond donors (Lipinski definition) is 2. The number of carbonyl (C=O) groups excluding carboxylic acids is 2. The van der Waals surface area contributed by atoms with E-state index in [1.54, 1.807) is 7.05 Å². The second-order valence-electron chi connectivity index (χ2n) is 7.08. The monoisotopic (exact) mass is 402 g/mol. The van der Waals surface area contributed by atoms with Crippen LogP contribution in [0.1, 0.15) is 32.6 Å². The number of quaternary nitrogens is 1. The van der Waals surface area contributed by atoms with Gasteiger partial charge in [0.05, 0.1) is 7.05 Å². The number of likely N-dealkylation sites (N-methyl/N-ethyl adjacent to an activating group) is 1. The maximum absolute atomic E-state index is 12.5. The molecule has 1 saturated heterocycles. The molecule has 0 spiro atoms. The van der Waals surface area contributed by atoms with Gasteiger partial charge in [-0.2, -0.15) is 0 Å². The third kappa shape index (κ3) is 7.03. The molecule has 1 aromatic carbocycles. The predicted molar refractivity (Wildman–Crippen MR) is 98.0 cm³/mol. The van der Waals surface area contributed by atoms with E-state index in [2.05, 4.69) is 17.0 Å². The van der Waals surface area contributed by atoms with Gasteiger partial charge in [-0.1, -0.05) is 6.92 Å². The summed E-state index contributed by atoms with van der Waals surface area (Å²) in [5, 5.41) is 2.61. The average Bonchev–Trinajstić information content (AvgIpc) is 2.61. The summed E-state index contributed by atoms with van der Waals surface area (Å²) >= 11 is 0. The van der Waals surface area contributed by atoms with Crippen LogP contribution in [-0.4, -0.2) is 55.8 Å². The summed E-state index contributed by atoms with van der Waals surface area (Å²) in [5.41, 5.74) is 0.362. The highest BCUT2D eigenvalue weighted by Gasteiger charge is 2.31. The van der Waals surface area contributed by atoms with E-state index < -0.39 is 6.36 Å². The highest BCUT2D eigenvalue weighted by molar-refractivity contribution is 5.91. The predicted octanol–water partition coefficient (Wildman–Crippen LogP) is 1.83. The van der Waals surface area contributed by atoms with Gasteiger partial charge in [-0.15, -0.1) is 13.2 Å². The van der Waals surface area contributed by atoms with Gasteiger partial charge in [0.1, 0.15) is 5.75 Å². The van der Waals surface area contributed by atoms with Crippen molar-refractivity contribution in [3.63, 3.8) is 0 Å². The quantitative estimate of drug-likeness (QED) is 0.732. The molecule has 0 saturated carbocycles. The van der Waals surface area contributed by atoms with Crippen LogP contribution < -0.4 is 15.0 Å². The SMILES string of the molecule is CC[C@@H]1CCCCN1C(=O)C[NH+](C)CC(=O)Nc1ccc(OC(F)(F)F)cc1. The van der Waals surface area contributed by atoms with Gasteiger partial charge in [0, 0.05) is 18.3 Å². The molecule has 1 fully saturated rings. The molecule has 1 aliphatic heterocycles. The molecule has 6 nitrogen and oxygen atoms in total. The van der Waals surface area contributed by atoms with E-state index >= 15 is 0 Å². The number of nitrogens with zero attached hydrogens (tertiary/aromatic N) is 1. The third-order valence-electron chi connectivity index (χ3n) is 4.71. The number of carbonyl (C=O) groups is 2. The summed E-state index contributed by atoms with van der Waals surface area (Å²) in [6.45, 7) is 3.15. The van der Waals surface area contributed by atoms with Crippen molar-refractivity contribution in [2.45, 2.75) is 45.0 Å². The molecule has 2 atom stereocenters. The van der Waals surface area contributed by atoms with Crippen LogP contribution in [0.3, 0.4) is 0 Å². The summed E-state index contributed by atoms with van der Waals surface area (Å²) in [6.07, 6.45) is -0.653. The number of hydrogen-bond acceptors (Lipinski definition) is 3. The standard InChI is InChI=1S/C19H26F3N3O3/c1-3-15-6-4-5-11-25(15)18(27)13-24(2)12-17(26)23-14-7-9-16(10-8-14)28-19(20,21)22/h7-10,15H,3-6,11-13H2,1-2H3,(H,23,26)/p+1/t15-/m1/s1. The first-order valence-electron chi connectivity index (χ1n) is 9.44. The Bertz CT molecular complexity index is 665. The summed E-state index contributed by atoms with van der Waals surface area (Å²) < 4.78 is 40.3. The Hall–Kier alpha value is -2.29. The molecule has 28 heavy (non-hydrogen) atoms. The van der Waals surface area contributed by atoms with Gasteiger partial charge in [-0.05, 0) is 49.9 Å². The molecule has 0 radical (unpaired) electrons. The van der Waals surface area contributed by atoms with Gasteiger partial charge in [0.15, 0.2) is 13.1 Å². The Balaban J connectivity index is 1.81. The summed E-state index contributed by atoms with van der Waals surface area (Å²) in [6, 6.07) is 5.20. The van der Waals surface area contributed by atoms with E-state index in [0.717, 1.165) is 49.3 Å². The van der Waals surface area contributed by atoms with Crippen molar-refractivity contribution in [3.05, 3.63) is 24.3 Å². The number of amides is 2. The molecule has 0 bridgehead atoms. The highest BCUT2D eigenvalue weighted by Crippen LogP contribution is 2.24. The molecule has 0 aromatic heterocycles. The molecule has 2 rings (SSSR count). The summed E-state index contributed by atoms with van der Waals surface area (Å²) in [5.74, 6) is -0.628. The number of alkyl halides is 3. The number of halogens is 3. The summed E-state index contributed by atoms with van der Waals surface area (Å²) in [4.78, 5) is 27.4. The lowest BCUT2D eigenvalue weighted by Crippen LogP contribution is -3.11. The maximum Gasteiger partial charge on any atom is 0.573 e. The zero-order valence-electron chi connectivity index (χ0n) is 16.1. The van der Waals surface area contributed by atoms with Gasteiger partial charge in [0.25, 0.3) is 11.8 Å². The molecule has 1 aliphatic rings. The highest BCUT2D eigenvalue weighted by atomic mass is 19.4. The van der Waals surface area contributed by atoms with Crippen LogP contribution >= 0.6 is 0 Å². The fourth-order valence-electron chi connectivity index (χ4n) is 3.39. The Morgan fingerprint density at radius 2 is 1.89 bits per heavy atom. The van der Waals surface area contributed by atoms with Crippen LogP contribution in [0.5, 0.6) is 5.75 Å². The lowest BCUT2D eigenvalue weighted by atomic mass is 10.00. The van der Waals surface area contributed by atoms with Crippen molar-refractivity contribution in [1.82, 2.24) is 4.90 Å². The second-order valence-corrected chi connectivity index (χ2v) is 7.08. The number of likely N-dealkylation sites (tertiary alicyclic amines) is 1. The largest absolute Gasteiger partial charge is 0.573 e. The summed E-state index contributed by atoms with van der Waals surface area (Å²) in [7, 11) is 1.77. The zero-order chi connectivity index (χ0) is 20.7. The van der Waals surface area contributed by atoms with E-state index in [9.17, 15) is 22.8 Å². The minimum absolute atomic E-state index is 0.0468. The normalized spacial score (nSPS) is 18.5. The molecule has 156 valence electrons. The Morgan fingerprint density at radius 3 is 2.50 bits per heavy atom. The molecular formula is C19H27F3N3O3+. The van der Waals surface area contributed by atoms with Crippen molar-refractivity contribution in [2.75, 3.05) is 32.0 Å². The molecule has 1 heterocycles. The second kappa shape index (κ2) is 9.77. The van der Waals surface area contributed by atoms with Crippen LogP contribution in [0.25, 0.3) is 0 Å². The maximum atomic E-state index is 12.5. The zero-order valence-corrected chi connectivity index (χ0v) is 16.1. The number of anilines is 1. The van der Waals surface area contributed by atoms with Crippen LogP contribution in [-0.2, 0) is 9.59 Å².